The fraction of sp³-hybridized carbons (Fsp3) is 0.750. The molecule has 0 aromatic rings. The van der Waals surface area contributed by atoms with Gasteiger partial charge in [-0.1, -0.05) is 33.6 Å². The van der Waals surface area contributed by atoms with Crippen LogP contribution in [0.15, 0.2) is 0 Å². The lowest BCUT2D eigenvalue weighted by Gasteiger charge is -2.24. The lowest BCUT2D eigenvalue weighted by molar-refractivity contribution is -0.134. The first kappa shape index (κ1) is 24.4. The molecule has 0 saturated carbocycles. The maximum Gasteiger partial charge on any atom is 0.243 e. The summed E-state index contributed by atoms with van der Waals surface area (Å²) in [5.74, 6) is -0.740. The van der Waals surface area contributed by atoms with Crippen LogP contribution in [0.4, 0.5) is 0 Å². The van der Waals surface area contributed by atoms with Crippen molar-refractivity contribution in [2.75, 3.05) is 13.1 Å². The Hall–Kier alpha value is -2.63. The van der Waals surface area contributed by atoms with Gasteiger partial charge < -0.3 is 21.3 Å². The van der Waals surface area contributed by atoms with Gasteiger partial charge in [-0.2, -0.15) is 5.26 Å². The molecule has 162 valence electrons. The smallest absolute Gasteiger partial charge is 0.243 e. The van der Waals surface area contributed by atoms with Crippen molar-refractivity contribution in [3.8, 4) is 6.07 Å². The predicted octanol–water partition coefficient (Wildman–Crippen LogP) is 0.358. The number of rotatable bonds is 10. The van der Waals surface area contributed by atoms with Crippen molar-refractivity contribution in [2.24, 2.45) is 11.3 Å². The van der Waals surface area contributed by atoms with Gasteiger partial charge in [0.25, 0.3) is 0 Å². The summed E-state index contributed by atoms with van der Waals surface area (Å²) in [4.78, 5) is 47.9. The van der Waals surface area contributed by atoms with Crippen LogP contribution in [0, 0.1) is 22.7 Å². The summed E-state index contributed by atoms with van der Waals surface area (Å²) in [6.45, 7) is 7.26. The molecule has 0 aromatic heterocycles. The molecule has 0 spiro atoms. The number of nitrogens with zero attached hydrogens (tertiary/aromatic N) is 1. The van der Waals surface area contributed by atoms with Gasteiger partial charge in [0.2, 0.25) is 23.6 Å². The van der Waals surface area contributed by atoms with Crippen molar-refractivity contribution in [3.63, 3.8) is 0 Å². The molecule has 0 radical (unpaired) electrons. The van der Waals surface area contributed by atoms with Crippen LogP contribution in [0.25, 0.3) is 0 Å². The van der Waals surface area contributed by atoms with Gasteiger partial charge in [0, 0.05) is 18.4 Å². The second kappa shape index (κ2) is 11.4. The normalized spacial score (nSPS) is 18.2. The Morgan fingerprint density at radius 2 is 1.93 bits per heavy atom. The third-order valence-corrected chi connectivity index (χ3v) is 4.71. The molecule has 29 heavy (non-hydrogen) atoms. The fourth-order valence-electron chi connectivity index (χ4n) is 2.91. The number of unbranched alkanes of at least 4 members (excludes halogenated alkanes) is 1. The van der Waals surface area contributed by atoms with E-state index in [4.69, 9.17) is 5.26 Å². The van der Waals surface area contributed by atoms with Gasteiger partial charge in [0.15, 0.2) is 0 Å². The number of carbonyl (C=O) groups is 4. The Bertz CT molecular complexity index is 650. The molecule has 1 fully saturated rings. The van der Waals surface area contributed by atoms with Gasteiger partial charge in [0.1, 0.15) is 12.1 Å². The Balaban J connectivity index is 2.54. The van der Waals surface area contributed by atoms with E-state index >= 15 is 0 Å². The summed E-state index contributed by atoms with van der Waals surface area (Å²) in [5.41, 5.74) is -0.645. The van der Waals surface area contributed by atoms with Crippen molar-refractivity contribution >= 4 is 23.6 Å². The molecule has 4 amide bonds. The highest BCUT2D eigenvalue weighted by Crippen LogP contribution is 2.18. The third kappa shape index (κ3) is 9.41. The first-order valence-corrected chi connectivity index (χ1v) is 10.1. The van der Waals surface area contributed by atoms with Gasteiger partial charge in [0.05, 0.1) is 12.6 Å². The number of amides is 4. The highest BCUT2D eigenvalue weighted by Gasteiger charge is 2.28. The van der Waals surface area contributed by atoms with Crippen molar-refractivity contribution in [1.82, 2.24) is 21.3 Å². The largest absolute Gasteiger partial charge is 0.356 e. The average Bonchev–Trinajstić information content (AvgIpc) is 3.06. The molecule has 1 aliphatic heterocycles. The van der Waals surface area contributed by atoms with Gasteiger partial charge in [-0.15, -0.1) is 0 Å². The zero-order chi connectivity index (χ0) is 22.0. The molecule has 3 unspecified atom stereocenters. The van der Waals surface area contributed by atoms with Gasteiger partial charge >= 0.3 is 0 Å². The first-order chi connectivity index (χ1) is 13.5. The topological polar surface area (TPSA) is 140 Å². The van der Waals surface area contributed by atoms with Crippen LogP contribution < -0.4 is 21.3 Å². The summed E-state index contributed by atoms with van der Waals surface area (Å²) in [5, 5.41) is 19.3. The predicted molar refractivity (Wildman–Crippen MR) is 107 cm³/mol. The maximum absolute atomic E-state index is 12.5. The summed E-state index contributed by atoms with van der Waals surface area (Å²) in [6.07, 6.45) is 3.42. The van der Waals surface area contributed by atoms with Crippen molar-refractivity contribution in [2.45, 2.75) is 71.9 Å². The third-order valence-electron chi connectivity index (χ3n) is 4.71. The molecule has 1 saturated heterocycles. The zero-order valence-corrected chi connectivity index (χ0v) is 17.8. The van der Waals surface area contributed by atoms with Gasteiger partial charge in [-0.05, 0) is 25.7 Å². The standard InChI is InChI=1S/C20H33N5O4/c1-13(10-21)24-17(27)12-23-18(28)15(25-19(29)20(2,3)4)8-6-5-7-14-9-16(26)22-11-14/h13-15H,5-9,11-12H2,1-4H3,(H,22,26)(H,23,28)(H,24,27)(H,25,29). The minimum atomic E-state index is -0.744. The van der Waals surface area contributed by atoms with Crippen molar-refractivity contribution in [1.29, 1.82) is 5.26 Å². The van der Waals surface area contributed by atoms with E-state index in [1.807, 2.05) is 6.07 Å². The monoisotopic (exact) mass is 407 g/mol. The molecule has 9 nitrogen and oxygen atoms in total. The minimum absolute atomic E-state index is 0.0775. The van der Waals surface area contributed by atoms with E-state index in [1.165, 1.54) is 0 Å². The number of hydrogen-bond acceptors (Lipinski definition) is 5. The van der Waals surface area contributed by atoms with Crippen LogP contribution >= 0.6 is 0 Å². The van der Waals surface area contributed by atoms with Gasteiger partial charge in [-0.3, -0.25) is 19.2 Å². The Morgan fingerprint density at radius 1 is 1.24 bits per heavy atom. The van der Waals surface area contributed by atoms with Crippen LogP contribution in [-0.2, 0) is 19.2 Å². The molecular formula is C20H33N5O4. The molecule has 3 atom stereocenters. The van der Waals surface area contributed by atoms with E-state index in [-0.39, 0.29) is 18.4 Å². The summed E-state index contributed by atoms with van der Waals surface area (Å²) >= 11 is 0. The molecule has 0 aromatic carbocycles. The summed E-state index contributed by atoms with van der Waals surface area (Å²) in [6, 6.07) is 0.492. The lowest BCUT2D eigenvalue weighted by Crippen LogP contribution is -2.51. The maximum atomic E-state index is 12.5. The van der Waals surface area contributed by atoms with Crippen LogP contribution in [0.1, 0.15) is 59.8 Å². The Kier molecular flexibility index (Phi) is 9.59. The second-order valence-electron chi connectivity index (χ2n) is 8.57. The number of nitrogens with one attached hydrogen (secondary N) is 4. The van der Waals surface area contributed by atoms with Gasteiger partial charge in [-0.25, -0.2) is 0 Å². The van der Waals surface area contributed by atoms with Crippen LogP contribution in [0.2, 0.25) is 0 Å². The van der Waals surface area contributed by atoms with E-state index in [9.17, 15) is 19.2 Å². The van der Waals surface area contributed by atoms with E-state index in [1.54, 1.807) is 27.7 Å². The highest BCUT2D eigenvalue weighted by molar-refractivity contribution is 5.91. The van der Waals surface area contributed by atoms with E-state index in [0.29, 0.717) is 31.7 Å². The first-order valence-electron chi connectivity index (χ1n) is 10.1. The van der Waals surface area contributed by atoms with E-state index in [0.717, 1.165) is 12.8 Å². The summed E-state index contributed by atoms with van der Waals surface area (Å²) < 4.78 is 0. The number of hydrogen-bond donors (Lipinski definition) is 4. The Morgan fingerprint density at radius 3 is 2.48 bits per heavy atom. The Labute approximate surface area is 172 Å². The quantitative estimate of drug-likeness (QED) is 0.387. The van der Waals surface area contributed by atoms with Crippen molar-refractivity contribution < 1.29 is 19.2 Å². The average molecular weight is 408 g/mol. The lowest BCUT2D eigenvalue weighted by atomic mass is 9.94. The van der Waals surface area contributed by atoms with Crippen LogP contribution in [0.5, 0.6) is 0 Å². The second-order valence-corrected chi connectivity index (χ2v) is 8.57. The molecule has 1 aliphatic rings. The van der Waals surface area contributed by atoms with Crippen LogP contribution in [0.3, 0.4) is 0 Å². The van der Waals surface area contributed by atoms with Crippen molar-refractivity contribution in [3.05, 3.63) is 0 Å². The molecule has 4 N–H and O–H groups in total. The number of carbonyl (C=O) groups excluding carboxylic acids is 4. The molecule has 1 heterocycles. The molecule has 1 rings (SSSR count). The van der Waals surface area contributed by atoms with E-state index < -0.39 is 29.3 Å². The zero-order valence-electron chi connectivity index (χ0n) is 17.8. The SMILES string of the molecule is CC(C#N)NC(=O)CNC(=O)C(CCCCC1CNC(=O)C1)NC(=O)C(C)(C)C. The van der Waals surface area contributed by atoms with Crippen LogP contribution in [-0.4, -0.2) is 48.8 Å². The molecule has 9 heteroatoms. The fourth-order valence-corrected chi connectivity index (χ4v) is 2.91. The highest BCUT2D eigenvalue weighted by atomic mass is 16.2. The molecule has 0 bridgehead atoms. The summed E-state index contributed by atoms with van der Waals surface area (Å²) in [7, 11) is 0. The molecule has 0 aliphatic carbocycles. The molecular weight excluding hydrogens is 374 g/mol. The minimum Gasteiger partial charge on any atom is -0.356 e. The number of nitriles is 1. The van der Waals surface area contributed by atoms with E-state index in [2.05, 4.69) is 21.3 Å².